The van der Waals surface area contributed by atoms with E-state index in [-0.39, 0.29) is 16.5 Å². The van der Waals surface area contributed by atoms with E-state index < -0.39 is 16.0 Å². The third-order valence-corrected chi connectivity index (χ3v) is 6.01. The second-order valence-electron chi connectivity index (χ2n) is 6.10. The molecule has 0 radical (unpaired) electrons. The largest absolute Gasteiger partial charge is 0.478 e. The van der Waals surface area contributed by atoms with E-state index in [1.807, 2.05) is 0 Å². The van der Waals surface area contributed by atoms with E-state index in [4.69, 9.17) is 5.11 Å². The lowest BCUT2D eigenvalue weighted by molar-refractivity contribution is 0.0697. The molecule has 0 amide bonds. The summed E-state index contributed by atoms with van der Waals surface area (Å²) in [7, 11) is -1.80. The van der Waals surface area contributed by atoms with Gasteiger partial charge in [0.25, 0.3) is 10.0 Å². The van der Waals surface area contributed by atoms with Crippen LogP contribution >= 0.6 is 0 Å². The van der Waals surface area contributed by atoms with Crippen molar-refractivity contribution in [3.63, 3.8) is 0 Å². The summed E-state index contributed by atoms with van der Waals surface area (Å²) in [5.41, 5.74) is 1.27. The number of hydrogen-bond acceptors (Lipinski definition) is 4. The minimum Gasteiger partial charge on any atom is -0.478 e. The number of aryl methyl sites for hydroxylation is 1. The van der Waals surface area contributed by atoms with Gasteiger partial charge in [-0.3, -0.25) is 0 Å². The van der Waals surface area contributed by atoms with Crippen LogP contribution in [0.25, 0.3) is 0 Å². The SMILES string of the molecule is Cn1cnc(S(=O)(=O)N2CC[C@@H](Cc3ccc(C(=O)O)cc3)C2)c1. The first kappa shape index (κ1) is 16.7. The molecule has 1 aromatic heterocycles. The molecule has 128 valence electrons. The monoisotopic (exact) mass is 349 g/mol. The van der Waals surface area contributed by atoms with Gasteiger partial charge >= 0.3 is 5.97 Å². The van der Waals surface area contributed by atoms with E-state index >= 15 is 0 Å². The zero-order valence-electron chi connectivity index (χ0n) is 13.3. The average molecular weight is 349 g/mol. The fraction of sp³-hybridized carbons (Fsp3) is 0.375. The van der Waals surface area contributed by atoms with Crippen molar-refractivity contribution in [2.75, 3.05) is 13.1 Å². The maximum absolute atomic E-state index is 12.6. The molecule has 8 heteroatoms. The van der Waals surface area contributed by atoms with Gasteiger partial charge in [-0.15, -0.1) is 0 Å². The lowest BCUT2D eigenvalue weighted by atomic mass is 9.98. The van der Waals surface area contributed by atoms with Gasteiger partial charge in [0, 0.05) is 26.3 Å². The molecule has 1 aromatic carbocycles. The number of nitrogens with zero attached hydrogens (tertiary/aromatic N) is 3. The number of hydrogen-bond donors (Lipinski definition) is 1. The van der Waals surface area contributed by atoms with Crippen LogP contribution in [0.4, 0.5) is 0 Å². The minimum absolute atomic E-state index is 0.0801. The summed E-state index contributed by atoms with van der Waals surface area (Å²) in [4.78, 5) is 14.8. The number of sulfonamides is 1. The van der Waals surface area contributed by atoms with Crippen LogP contribution < -0.4 is 0 Å². The lowest BCUT2D eigenvalue weighted by Crippen LogP contribution is -2.29. The van der Waals surface area contributed by atoms with Gasteiger partial charge in [0.2, 0.25) is 0 Å². The number of carboxylic acid groups (broad SMARTS) is 1. The van der Waals surface area contributed by atoms with E-state index in [1.165, 1.54) is 16.8 Å². The summed E-state index contributed by atoms with van der Waals surface area (Å²) in [6.45, 7) is 0.941. The van der Waals surface area contributed by atoms with Crippen molar-refractivity contribution < 1.29 is 18.3 Å². The van der Waals surface area contributed by atoms with Crippen LogP contribution in [0.15, 0.2) is 41.8 Å². The Bertz CT molecular complexity index is 842. The third kappa shape index (κ3) is 3.34. The van der Waals surface area contributed by atoms with Crippen LogP contribution in [0.5, 0.6) is 0 Å². The Kier molecular flexibility index (Phi) is 4.42. The zero-order valence-corrected chi connectivity index (χ0v) is 14.1. The Hall–Kier alpha value is -2.19. The molecule has 1 atom stereocenters. The fourth-order valence-electron chi connectivity index (χ4n) is 2.95. The molecule has 1 fully saturated rings. The van der Waals surface area contributed by atoms with Crippen molar-refractivity contribution in [2.24, 2.45) is 13.0 Å². The van der Waals surface area contributed by atoms with Gasteiger partial charge in [0.15, 0.2) is 5.03 Å². The molecule has 0 aliphatic carbocycles. The van der Waals surface area contributed by atoms with Crippen LogP contribution in [0.1, 0.15) is 22.3 Å². The summed E-state index contributed by atoms with van der Waals surface area (Å²) >= 11 is 0. The smallest absolute Gasteiger partial charge is 0.335 e. The fourth-order valence-corrected chi connectivity index (χ4v) is 4.45. The molecular formula is C16H19N3O4S. The molecule has 24 heavy (non-hydrogen) atoms. The van der Waals surface area contributed by atoms with Gasteiger partial charge in [0.05, 0.1) is 11.9 Å². The second kappa shape index (κ2) is 6.37. The first-order chi connectivity index (χ1) is 11.4. The minimum atomic E-state index is -3.54. The Morgan fingerprint density at radius 3 is 2.62 bits per heavy atom. The maximum atomic E-state index is 12.6. The molecular weight excluding hydrogens is 330 g/mol. The van der Waals surface area contributed by atoms with Crippen molar-refractivity contribution in [3.8, 4) is 0 Å². The van der Waals surface area contributed by atoms with Crippen LogP contribution in [0, 0.1) is 5.92 Å². The highest BCUT2D eigenvalue weighted by molar-refractivity contribution is 7.89. The summed E-state index contributed by atoms with van der Waals surface area (Å²) in [5.74, 6) is -0.728. The van der Waals surface area contributed by atoms with E-state index in [0.29, 0.717) is 13.1 Å². The maximum Gasteiger partial charge on any atom is 0.335 e. The normalized spacial score (nSPS) is 18.8. The highest BCUT2D eigenvalue weighted by atomic mass is 32.2. The molecule has 1 N–H and O–H groups in total. The predicted molar refractivity (Wildman–Crippen MR) is 87.2 cm³/mol. The van der Waals surface area contributed by atoms with Crippen LogP contribution in [-0.2, 0) is 23.5 Å². The lowest BCUT2D eigenvalue weighted by Gasteiger charge is -2.15. The van der Waals surface area contributed by atoms with Crippen molar-refractivity contribution in [1.29, 1.82) is 0 Å². The highest BCUT2D eigenvalue weighted by Crippen LogP contribution is 2.26. The van der Waals surface area contributed by atoms with Crippen molar-refractivity contribution in [2.45, 2.75) is 17.9 Å². The Morgan fingerprint density at radius 2 is 2.04 bits per heavy atom. The molecule has 1 saturated heterocycles. The van der Waals surface area contributed by atoms with E-state index in [0.717, 1.165) is 18.4 Å². The predicted octanol–water partition coefficient (Wildman–Crippen LogP) is 1.37. The van der Waals surface area contributed by atoms with E-state index in [2.05, 4.69) is 4.98 Å². The summed E-state index contributed by atoms with van der Waals surface area (Å²) in [5, 5.41) is 8.99. The zero-order chi connectivity index (χ0) is 17.3. The number of imidazole rings is 1. The van der Waals surface area contributed by atoms with Crippen LogP contribution in [0.2, 0.25) is 0 Å². The first-order valence-corrected chi connectivity index (χ1v) is 9.10. The number of benzene rings is 1. The molecule has 0 spiro atoms. The van der Waals surface area contributed by atoms with Crippen LogP contribution in [0.3, 0.4) is 0 Å². The standard InChI is InChI=1S/C16H19N3O4S/c1-18-10-15(17-11-18)24(22,23)19-7-6-13(9-19)8-12-2-4-14(5-3-12)16(20)21/h2-5,10-11,13H,6-9H2,1H3,(H,20,21)/t13-/m0/s1. The number of aromatic nitrogens is 2. The molecule has 3 rings (SSSR count). The van der Waals surface area contributed by atoms with Crippen LogP contribution in [-0.4, -0.2) is 46.4 Å². The quantitative estimate of drug-likeness (QED) is 0.880. The van der Waals surface area contributed by atoms with Gasteiger partial charge in [-0.2, -0.15) is 4.31 Å². The molecule has 7 nitrogen and oxygen atoms in total. The molecule has 2 aromatic rings. The van der Waals surface area contributed by atoms with Crippen molar-refractivity contribution in [1.82, 2.24) is 13.9 Å². The van der Waals surface area contributed by atoms with Gasteiger partial charge in [-0.25, -0.2) is 18.2 Å². The molecule has 0 unspecified atom stereocenters. The molecule has 0 saturated carbocycles. The Balaban J connectivity index is 1.66. The molecule has 0 bridgehead atoms. The third-order valence-electron chi connectivity index (χ3n) is 4.26. The Labute approximate surface area is 140 Å². The first-order valence-electron chi connectivity index (χ1n) is 7.66. The number of aromatic carboxylic acids is 1. The summed E-state index contributed by atoms with van der Waals surface area (Å²) in [6.07, 6.45) is 4.50. The molecule has 2 heterocycles. The van der Waals surface area contributed by atoms with Gasteiger partial charge in [-0.05, 0) is 36.5 Å². The highest BCUT2D eigenvalue weighted by Gasteiger charge is 2.33. The van der Waals surface area contributed by atoms with E-state index in [9.17, 15) is 13.2 Å². The summed E-state index contributed by atoms with van der Waals surface area (Å²) < 4.78 is 28.2. The Morgan fingerprint density at radius 1 is 1.33 bits per heavy atom. The second-order valence-corrected chi connectivity index (χ2v) is 7.99. The summed E-state index contributed by atoms with van der Waals surface area (Å²) in [6, 6.07) is 6.74. The van der Waals surface area contributed by atoms with Gasteiger partial charge in [-0.1, -0.05) is 12.1 Å². The number of carboxylic acids is 1. The van der Waals surface area contributed by atoms with Gasteiger partial charge < -0.3 is 9.67 Å². The van der Waals surface area contributed by atoms with Crippen molar-refractivity contribution >= 4 is 16.0 Å². The van der Waals surface area contributed by atoms with E-state index in [1.54, 1.807) is 35.9 Å². The van der Waals surface area contributed by atoms with Gasteiger partial charge in [0.1, 0.15) is 0 Å². The molecule has 1 aliphatic rings. The number of rotatable bonds is 5. The molecule has 1 aliphatic heterocycles. The topological polar surface area (TPSA) is 92.5 Å². The average Bonchev–Trinajstić information content (AvgIpc) is 3.17. The van der Waals surface area contributed by atoms with Crippen molar-refractivity contribution in [3.05, 3.63) is 47.9 Å². The number of carbonyl (C=O) groups is 1.